The Kier molecular flexibility index (Phi) is 2.56. The van der Waals surface area contributed by atoms with E-state index < -0.39 is 0 Å². The highest BCUT2D eigenvalue weighted by atomic mass is 32.1. The third-order valence-corrected chi connectivity index (χ3v) is 9.67. The highest BCUT2D eigenvalue weighted by Crippen LogP contribution is 2.57. The van der Waals surface area contributed by atoms with Gasteiger partial charge < -0.3 is 0 Å². The molecule has 2 unspecified atom stereocenters. The van der Waals surface area contributed by atoms with Gasteiger partial charge in [0, 0.05) is 5.49 Å². The molecular weight excluding hydrogens is 154 g/mol. The lowest BCUT2D eigenvalue weighted by molar-refractivity contribution is 1.39. The van der Waals surface area contributed by atoms with Gasteiger partial charge in [-0.2, -0.15) is 12.6 Å². The highest BCUT2D eigenvalue weighted by molar-refractivity contribution is 8.13. The molecule has 0 fully saturated rings. The zero-order valence-electron chi connectivity index (χ0n) is 4.91. The molecule has 0 radical (unpaired) electrons. The highest BCUT2D eigenvalue weighted by Gasteiger charge is 1.97. The van der Waals surface area contributed by atoms with Crippen molar-refractivity contribution in [2.75, 3.05) is 0 Å². The maximum absolute atomic E-state index is 4.25. The minimum absolute atomic E-state index is 0.289. The minimum Gasteiger partial charge on any atom is -0.170 e. The molecule has 0 aliphatic carbocycles. The molecule has 0 saturated carbocycles. The first kappa shape index (κ1) is 6.81. The summed E-state index contributed by atoms with van der Waals surface area (Å²) in [5, 5.41) is 0. The van der Waals surface area contributed by atoms with Crippen LogP contribution in [0.1, 0.15) is 6.92 Å². The molecule has 46 valence electrons. The smallest absolute Gasteiger partial charge is 0.0323 e. The zero-order valence-corrected chi connectivity index (χ0v) is 7.59. The first-order valence-electron chi connectivity index (χ1n) is 2.71. The van der Waals surface area contributed by atoms with Gasteiger partial charge in [0.2, 0.25) is 0 Å². The SMILES string of the molecule is CCp1ccp1CS. The topological polar surface area (TPSA) is 0 Å². The Morgan fingerprint density at radius 1 is 1.38 bits per heavy atom. The Balaban J connectivity index is 2.58. The summed E-state index contributed by atoms with van der Waals surface area (Å²) >= 11 is 4.25. The van der Waals surface area contributed by atoms with Crippen LogP contribution in [0.5, 0.6) is 0 Å². The second-order valence-corrected chi connectivity index (χ2v) is 8.84. The lowest BCUT2D eigenvalue weighted by Gasteiger charge is -2.08. The minimum atomic E-state index is 0.289. The lowest BCUT2D eigenvalue weighted by Crippen LogP contribution is -1.61. The van der Waals surface area contributed by atoms with Crippen LogP contribution >= 0.6 is 27.0 Å². The predicted molar refractivity (Wildman–Crippen MR) is 46.5 cm³/mol. The number of hydrogen-bond acceptors (Lipinski definition) is 1. The molecule has 0 spiro atoms. The van der Waals surface area contributed by atoms with E-state index in [2.05, 4.69) is 31.1 Å². The summed E-state index contributed by atoms with van der Waals surface area (Å²) in [6, 6.07) is 0. The van der Waals surface area contributed by atoms with E-state index in [1.165, 1.54) is 6.16 Å². The van der Waals surface area contributed by atoms with Crippen LogP contribution in [0.15, 0.2) is 11.6 Å². The van der Waals surface area contributed by atoms with Gasteiger partial charge >= 0.3 is 0 Å². The van der Waals surface area contributed by atoms with Gasteiger partial charge in [0.15, 0.2) is 0 Å². The standard InChI is InChI=1S/C5H10P2S/c1-2-6-3-4-7(6)5-8/h3-4,8H,2,5H2,1H3. The van der Waals surface area contributed by atoms with Gasteiger partial charge in [-0.15, -0.1) is 7.21 Å². The summed E-state index contributed by atoms with van der Waals surface area (Å²) in [6.07, 6.45) is 1.37. The summed E-state index contributed by atoms with van der Waals surface area (Å²) in [5.41, 5.74) is 1.12. The Hall–Kier alpha value is 0.690. The van der Waals surface area contributed by atoms with Crippen molar-refractivity contribution >= 4 is 27.0 Å². The van der Waals surface area contributed by atoms with Crippen molar-refractivity contribution in [3.8, 4) is 0 Å². The largest absolute Gasteiger partial charge is 0.170 e. The van der Waals surface area contributed by atoms with Crippen LogP contribution in [-0.2, 0) is 11.7 Å². The molecule has 0 bridgehead atoms. The molecule has 0 N–H and O–H groups in total. The maximum atomic E-state index is 4.25. The molecule has 1 heterocycles. The molecule has 0 saturated heterocycles. The Morgan fingerprint density at radius 3 is 2.12 bits per heavy atom. The summed E-state index contributed by atoms with van der Waals surface area (Å²) in [6.45, 7) is 2.27. The van der Waals surface area contributed by atoms with E-state index in [4.69, 9.17) is 0 Å². The average molecular weight is 164 g/mol. The second kappa shape index (κ2) is 3.01. The Morgan fingerprint density at radius 2 is 2.00 bits per heavy atom. The van der Waals surface area contributed by atoms with Gasteiger partial charge in [-0.1, -0.05) is 14.1 Å². The van der Waals surface area contributed by atoms with E-state index in [1.807, 2.05) is 0 Å². The van der Waals surface area contributed by atoms with E-state index in [0.29, 0.717) is 7.21 Å². The fourth-order valence-electron chi connectivity index (χ4n) is 0.671. The molecule has 0 amide bonds. The maximum Gasteiger partial charge on any atom is 0.0323 e. The van der Waals surface area contributed by atoms with Crippen molar-refractivity contribution in [1.82, 2.24) is 0 Å². The summed E-state index contributed by atoms with van der Waals surface area (Å²) in [7, 11) is 0.638. The number of hydrogen-bond donors (Lipinski definition) is 1. The van der Waals surface area contributed by atoms with Crippen molar-refractivity contribution in [3.05, 3.63) is 11.6 Å². The molecule has 1 aromatic heterocycles. The average Bonchev–Trinajstić information content (AvgIpc) is 1.66. The molecule has 1 aromatic rings. The first-order valence-corrected chi connectivity index (χ1v) is 7.24. The van der Waals surface area contributed by atoms with Gasteiger partial charge in [0.25, 0.3) is 0 Å². The fourth-order valence-corrected chi connectivity index (χ4v) is 6.87. The number of aryl methyl sites for hydroxylation is 1. The first-order chi connectivity index (χ1) is 3.88. The fraction of sp³-hybridized carbons (Fsp3) is 0.600. The predicted octanol–water partition coefficient (Wildman–Crippen LogP) is 3.57. The van der Waals surface area contributed by atoms with Crippen LogP contribution in [0, 0.1) is 0 Å². The van der Waals surface area contributed by atoms with Gasteiger partial charge in [-0.05, 0) is 17.8 Å². The molecule has 0 aliphatic rings. The van der Waals surface area contributed by atoms with Crippen molar-refractivity contribution in [2.24, 2.45) is 0 Å². The lowest BCUT2D eigenvalue weighted by atomic mass is 11.0. The van der Waals surface area contributed by atoms with Crippen molar-refractivity contribution < 1.29 is 0 Å². The normalized spacial score (nSPS) is 14.8. The van der Waals surface area contributed by atoms with Crippen LogP contribution < -0.4 is 0 Å². The third-order valence-electron chi connectivity index (χ3n) is 1.21. The second-order valence-electron chi connectivity index (χ2n) is 1.63. The zero-order chi connectivity index (χ0) is 5.98. The number of thiol groups is 1. The quantitative estimate of drug-likeness (QED) is 0.634. The van der Waals surface area contributed by atoms with E-state index in [0.717, 1.165) is 5.49 Å². The van der Waals surface area contributed by atoms with Crippen LogP contribution in [0.4, 0.5) is 0 Å². The monoisotopic (exact) mass is 164 g/mol. The van der Waals surface area contributed by atoms with E-state index in [1.54, 1.807) is 0 Å². The Bertz CT molecular complexity index is 136. The van der Waals surface area contributed by atoms with Crippen molar-refractivity contribution in [1.29, 1.82) is 0 Å². The van der Waals surface area contributed by atoms with Crippen molar-refractivity contribution in [2.45, 2.75) is 18.6 Å². The summed E-state index contributed by atoms with van der Waals surface area (Å²) in [4.78, 5) is 0. The molecule has 8 heavy (non-hydrogen) atoms. The van der Waals surface area contributed by atoms with Crippen LogP contribution in [0.3, 0.4) is 0 Å². The molecular formula is C5H10P2S. The van der Waals surface area contributed by atoms with E-state index in [-0.39, 0.29) is 7.21 Å². The van der Waals surface area contributed by atoms with Gasteiger partial charge in [0.1, 0.15) is 0 Å². The molecule has 0 nitrogen and oxygen atoms in total. The van der Waals surface area contributed by atoms with E-state index in [9.17, 15) is 0 Å². The molecule has 0 aromatic carbocycles. The van der Waals surface area contributed by atoms with Crippen LogP contribution in [0.2, 0.25) is 0 Å². The molecule has 3 heteroatoms. The van der Waals surface area contributed by atoms with Gasteiger partial charge in [-0.3, -0.25) is 0 Å². The van der Waals surface area contributed by atoms with Gasteiger partial charge in [0.05, 0.1) is 0 Å². The van der Waals surface area contributed by atoms with Crippen LogP contribution in [0.25, 0.3) is 0 Å². The Labute approximate surface area is 57.7 Å². The molecule has 2 atom stereocenters. The summed E-state index contributed by atoms with van der Waals surface area (Å²) < 4.78 is 0. The van der Waals surface area contributed by atoms with E-state index >= 15 is 0 Å². The van der Waals surface area contributed by atoms with Gasteiger partial charge in [-0.25, -0.2) is 0 Å². The molecule has 0 aliphatic heterocycles. The van der Waals surface area contributed by atoms with Crippen molar-refractivity contribution in [3.63, 3.8) is 0 Å². The molecule has 1 rings (SSSR count). The summed E-state index contributed by atoms with van der Waals surface area (Å²) in [5.74, 6) is 4.72. The van der Waals surface area contributed by atoms with Crippen LogP contribution in [-0.4, -0.2) is 0 Å². The number of rotatable bonds is 2. The third kappa shape index (κ3) is 1.16.